The zero-order chi connectivity index (χ0) is 29.1. The Morgan fingerprint density at radius 1 is 1.07 bits per heavy atom. The van der Waals surface area contributed by atoms with E-state index in [2.05, 4.69) is 25.6 Å². The normalized spacial score (nSPS) is 15.9. The van der Waals surface area contributed by atoms with Gasteiger partial charge in [-0.05, 0) is 47.5 Å². The minimum Gasteiger partial charge on any atom is -0.383 e. The molecule has 12 heteroatoms. The molecular formula is C29H28F2N8OS. The van der Waals surface area contributed by atoms with Crippen LogP contribution >= 0.6 is 11.3 Å². The monoisotopic (exact) mass is 574 g/mol. The van der Waals surface area contributed by atoms with Crippen LogP contribution in [0.5, 0.6) is 0 Å². The van der Waals surface area contributed by atoms with Crippen molar-refractivity contribution in [2.24, 2.45) is 10.7 Å². The standard InChI is InChI=1S/C29H28F2N8OS/c1-39(2)14-18-12-34-28(25(26(18)32)29(40)36-11-16-3-6-21(30)22(31)9-16)35-13-19-5-8-24(41-19)17-4-7-23-20(10-17)27(33)38-15-37-23/h3-10,12,14-15,26,35H,11,13,32H2,1-2H3,(H,36,40)(H2,33,37,38)/b18-14-. The smallest absolute Gasteiger partial charge is 0.253 e. The number of carbonyl (C=O) groups is 1. The van der Waals surface area contributed by atoms with Crippen molar-refractivity contribution >= 4 is 40.2 Å². The number of carbonyl (C=O) groups excluding carboxylic acids is 1. The highest BCUT2D eigenvalue weighted by Crippen LogP contribution is 2.31. The Morgan fingerprint density at radius 2 is 1.90 bits per heavy atom. The Labute approximate surface area is 239 Å². The molecule has 1 aliphatic rings. The number of nitrogens with two attached hydrogens (primary N) is 2. The summed E-state index contributed by atoms with van der Waals surface area (Å²) in [6.07, 6.45) is 4.86. The molecule has 2 aromatic heterocycles. The SMILES string of the molecule is CN(C)/C=C1/C=NC(NCc2ccc(-c3ccc4ncnc(N)c4c3)s2)=C(C(=O)NCc2ccc(F)c(F)c2)C1N. The Hall–Kier alpha value is -4.68. The largest absolute Gasteiger partial charge is 0.383 e. The van der Waals surface area contributed by atoms with Gasteiger partial charge in [0.05, 0.1) is 23.7 Å². The van der Waals surface area contributed by atoms with Gasteiger partial charge in [-0.2, -0.15) is 0 Å². The zero-order valence-electron chi connectivity index (χ0n) is 22.4. The Balaban J connectivity index is 1.35. The van der Waals surface area contributed by atoms with E-state index in [1.807, 2.05) is 49.3 Å². The Bertz CT molecular complexity index is 1710. The molecule has 5 rings (SSSR count). The van der Waals surface area contributed by atoms with E-state index in [-0.39, 0.29) is 12.1 Å². The molecule has 2 aromatic carbocycles. The molecule has 210 valence electrons. The highest BCUT2D eigenvalue weighted by molar-refractivity contribution is 7.15. The number of fused-ring (bicyclic) bond motifs is 1. The minimum absolute atomic E-state index is 0.00836. The summed E-state index contributed by atoms with van der Waals surface area (Å²) in [4.78, 5) is 30.0. The number of benzene rings is 2. The topological polar surface area (TPSA) is 135 Å². The first-order valence-corrected chi connectivity index (χ1v) is 13.5. The number of hydrogen-bond acceptors (Lipinski definition) is 9. The van der Waals surface area contributed by atoms with Crippen LogP contribution in [0.3, 0.4) is 0 Å². The van der Waals surface area contributed by atoms with Crippen LogP contribution in [0.25, 0.3) is 21.3 Å². The molecule has 0 bridgehead atoms. The number of aromatic nitrogens is 2. The number of aliphatic imine (C=N–C) groups is 1. The summed E-state index contributed by atoms with van der Waals surface area (Å²) >= 11 is 1.58. The molecule has 9 nitrogen and oxygen atoms in total. The summed E-state index contributed by atoms with van der Waals surface area (Å²) in [5, 5.41) is 6.79. The third kappa shape index (κ3) is 6.23. The van der Waals surface area contributed by atoms with Crippen LogP contribution in [0.4, 0.5) is 14.6 Å². The van der Waals surface area contributed by atoms with E-state index in [0.29, 0.717) is 29.3 Å². The highest BCUT2D eigenvalue weighted by Gasteiger charge is 2.28. The molecule has 3 heterocycles. The van der Waals surface area contributed by atoms with Gasteiger partial charge in [0.25, 0.3) is 5.91 Å². The first-order chi connectivity index (χ1) is 19.7. The number of nitrogen functional groups attached to an aromatic ring is 1. The van der Waals surface area contributed by atoms with Crippen molar-refractivity contribution in [1.82, 2.24) is 25.5 Å². The number of thiophene rings is 1. The van der Waals surface area contributed by atoms with Gasteiger partial charge in [0.2, 0.25) is 0 Å². The van der Waals surface area contributed by atoms with Crippen molar-refractivity contribution in [3.05, 3.63) is 100 Å². The molecule has 0 saturated carbocycles. The maximum Gasteiger partial charge on any atom is 0.253 e. The van der Waals surface area contributed by atoms with Gasteiger partial charge in [0.15, 0.2) is 11.6 Å². The van der Waals surface area contributed by atoms with Crippen LogP contribution in [-0.2, 0) is 17.9 Å². The van der Waals surface area contributed by atoms with Gasteiger partial charge in [0, 0.05) is 53.8 Å². The van der Waals surface area contributed by atoms with Crippen LogP contribution in [0.2, 0.25) is 0 Å². The molecule has 6 N–H and O–H groups in total. The van der Waals surface area contributed by atoms with E-state index < -0.39 is 23.6 Å². The van der Waals surface area contributed by atoms with Crippen molar-refractivity contribution < 1.29 is 13.6 Å². The van der Waals surface area contributed by atoms with E-state index in [1.165, 1.54) is 12.4 Å². The third-order valence-corrected chi connectivity index (χ3v) is 7.53. The quantitative estimate of drug-likeness (QED) is 0.252. The van der Waals surface area contributed by atoms with Crippen LogP contribution in [-0.4, -0.2) is 47.1 Å². The summed E-state index contributed by atoms with van der Waals surface area (Å²) in [6, 6.07) is 12.6. The molecule has 1 aliphatic heterocycles. The van der Waals surface area contributed by atoms with Crippen molar-refractivity contribution in [2.75, 3.05) is 19.8 Å². The first kappa shape index (κ1) is 27.9. The molecule has 1 unspecified atom stereocenters. The van der Waals surface area contributed by atoms with Gasteiger partial charge in [-0.3, -0.25) is 4.79 Å². The molecule has 41 heavy (non-hydrogen) atoms. The van der Waals surface area contributed by atoms with Crippen LogP contribution in [0.15, 0.2) is 83.0 Å². The average molecular weight is 575 g/mol. The lowest BCUT2D eigenvalue weighted by molar-refractivity contribution is -0.117. The van der Waals surface area contributed by atoms with Crippen LogP contribution in [0, 0.1) is 11.6 Å². The van der Waals surface area contributed by atoms with E-state index >= 15 is 0 Å². The number of nitrogens with zero attached hydrogens (tertiary/aromatic N) is 4. The second-order valence-corrected chi connectivity index (χ2v) is 10.8. The number of halogens is 2. The van der Waals surface area contributed by atoms with E-state index in [0.717, 1.165) is 38.4 Å². The van der Waals surface area contributed by atoms with E-state index in [1.54, 1.807) is 23.8 Å². The second-order valence-electron chi connectivity index (χ2n) is 9.63. The molecule has 0 spiro atoms. The molecule has 1 atom stereocenters. The molecule has 0 aliphatic carbocycles. The van der Waals surface area contributed by atoms with Crippen molar-refractivity contribution in [2.45, 2.75) is 19.1 Å². The van der Waals surface area contributed by atoms with Gasteiger partial charge >= 0.3 is 0 Å². The van der Waals surface area contributed by atoms with Crippen LogP contribution < -0.4 is 22.1 Å². The second kappa shape index (κ2) is 11.8. The molecule has 0 radical (unpaired) electrons. The highest BCUT2D eigenvalue weighted by atomic mass is 32.1. The van der Waals surface area contributed by atoms with Gasteiger partial charge in [-0.25, -0.2) is 23.7 Å². The molecule has 1 amide bonds. The Kier molecular flexibility index (Phi) is 8.04. The molecule has 0 saturated heterocycles. The maximum atomic E-state index is 13.6. The number of anilines is 1. The fourth-order valence-corrected chi connectivity index (χ4v) is 5.30. The van der Waals surface area contributed by atoms with E-state index in [9.17, 15) is 13.6 Å². The van der Waals surface area contributed by atoms with Gasteiger partial charge in [-0.15, -0.1) is 11.3 Å². The van der Waals surface area contributed by atoms with Gasteiger partial charge in [-0.1, -0.05) is 12.1 Å². The molecule has 4 aromatic rings. The first-order valence-electron chi connectivity index (χ1n) is 12.7. The predicted octanol–water partition coefficient (Wildman–Crippen LogP) is 3.69. The average Bonchev–Trinajstić information content (AvgIpc) is 3.43. The number of hydrogen-bond donors (Lipinski definition) is 4. The number of rotatable bonds is 8. The van der Waals surface area contributed by atoms with Crippen LogP contribution in [0.1, 0.15) is 10.4 Å². The van der Waals surface area contributed by atoms with Crippen molar-refractivity contribution in [3.63, 3.8) is 0 Å². The maximum absolute atomic E-state index is 13.6. The summed E-state index contributed by atoms with van der Waals surface area (Å²) in [5.41, 5.74) is 15.6. The van der Waals surface area contributed by atoms with Gasteiger partial charge < -0.3 is 27.0 Å². The lowest BCUT2D eigenvalue weighted by atomic mass is 9.97. The minimum atomic E-state index is -0.982. The fourth-order valence-electron chi connectivity index (χ4n) is 4.36. The van der Waals surface area contributed by atoms with Crippen molar-refractivity contribution in [1.29, 1.82) is 0 Å². The summed E-state index contributed by atoms with van der Waals surface area (Å²) in [5.74, 6) is -1.64. The van der Waals surface area contributed by atoms with E-state index in [4.69, 9.17) is 11.5 Å². The summed E-state index contributed by atoms with van der Waals surface area (Å²) < 4.78 is 27.0. The lowest BCUT2D eigenvalue weighted by Gasteiger charge is -2.24. The van der Waals surface area contributed by atoms with Gasteiger partial charge in [0.1, 0.15) is 18.0 Å². The molecular weight excluding hydrogens is 546 g/mol. The molecule has 0 fully saturated rings. The predicted molar refractivity (Wildman–Crippen MR) is 158 cm³/mol. The lowest BCUT2D eigenvalue weighted by Crippen LogP contribution is -2.41. The summed E-state index contributed by atoms with van der Waals surface area (Å²) in [7, 11) is 3.69. The number of nitrogens with one attached hydrogen (secondary N) is 2. The van der Waals surface area contributed by atoms with Crippen molar-refractivity contribution in [3.8, 4) is 10.4 Å². The third-order valence-electron chi connectivity index (χ3n) is 6.40. The summed E-state index contributed by atoms with van der Waals surface area (Å²) in [6.45, 7) is 0.390. The zero-order valence-corrected chi connectivity index (χ0v) is 23.2. The fraction of sp³-hybridized carbons (Fsp3) is 0.172. The number of amides is 1. The Morgan fingerprint density at radius 3 is 2.68 bits per heavy atom.